The van der Waals surface area contributed by atoms with Crippen molar-refractivity contribution >= 4 is 11.8 Å². The summed E-state index contributed by atoms with van der Waals surface area (Å²) in [5.74, 6) is -0.845. The normalized spacial score (nSPS) is 41.7. The Kier molecular flexibility index (Phi) is 6.03. The fourth-order valence-electron chi connectivity index (χ4n) is 7.37. The van der Waals surface area contributed by atoms with E-state index in [1.54, 1.807) is 13.1 Å². The highest BCUT2D eigenvalue weighted by atomic mass is 16.5. The Morgan fingerprint density at radius 1 is 1.32 bits per heavy atom. The van der Waals surface area contributed by atoms with Crippen molar-refractivity contribution in [2.75, 3.05) is 12.5 Å². The maximum absolute atomic E-state index is 13.4. The Labute approximate surface area is 200 Å². The maximum atomic E-state index is 13.4. The molecule has 0 saturated heterocycles. The van der Waals surface area contributed by atoms with E-state index in [0.717, 1.165) is 25.5 Å². The van der Waals surface area contributed by atoms with Crippen molar-refractivity contribution < 1.29 is 19.4 Å². The summed E-state index contributed by atoms with van der Waals surface area (Å²) in [7, 11) is 1.62. The van der Waals surface area contributed by atoms with Crippen LogP contribution in [0.5, 0.6) is 0 Å². The zero-order chi connectivity index (χ0) is 25.1. The largest absolute Gasteiger partial charge is 0.458 e. The molecule has 2 N–H and O–H groups in total. The second-order valence-electron chi connectivity index (χ2n) is 11.2. The van der Waals surface area contributed by atoms with Gasteiger partial charge in [0.1, 0.15) is 17.5 Å². The van der Waals surface area contributed by atoms with Crippen LogP contribution in [-0.4, -0.2) is 46.0 Å². The third kappa shape index (κ3) is 3.36. The lowest BCUT2D eigenvalue weighted by molar-refractivity contribution is -0.192. The zero-order valence-electron chi connectivity index (χ0n) is 20.8. The molecule has 186 valence electrons. The molecule has 3 saturated carbocycles. The van der Waals surface area contributed by atoms with Gasteiger partial charge in [0.05, 0.1) is 18.5 Å². The minimum atomic E-state index is -0.744. The van der Waals surface area contributed by atoms with Crippen molar-refractivity contribution in [3.05, 3.63) is 40.8 Å². The number of hydrogen-bond donors (Lipinski definition) is 2. The van der Waals surface area contributed by atoms with Crippen molar-refractivity contribution in [1.29, 1.82) is 0 Å². The van der Waals surface area contributed by atoms with Crippen LogP contribution in [0.2, 0.25) is 0 Å². The number of ether oxygens (including phenoxy) is 1. The van der Waals surface area contributed by atoms with Gasteiger partial charge < -0.3 is 15.3 Å². The van der Waals surface area contributed by atoms with Crippen molar-refractivity contribution in [1.82, 2.24) is 9.89 Å². The Morgan fingerprint density at radius 3 is 2.68 bits per heavy atom. The number of ketones is 1. The minimum absolute atomic E-state index is 0.0987. The molecule has 4 rings (SSSR count). The van der Waals surface area contributed by atoms with Gasteiger partial charge in [0.25, 0.3) is 0 Å². The Balaban J connectivity index is 1.85. The summed E-state index contributed by atoms with van der Waals surface area (Å²) >= 11 is 0. The SMILES string of the molecule is C=C[C@]1(C)C[C@@H](OC(=O)c2cn(NC)ncc2=O)[C@]2(C)C(C)CC[C@]3(CCC(=O)C32)[C@@H](C)[C@@H]1O. The molecule has 0 radical (unpaired) electrons. The maximum Gasteiger partial charge on any atom is 0.344 e. The molecule has 8 nitrogen and oxygen atoms in total. The number of aliphatic hydroxyl groups is 1. The van der Waals surface area contributed by atoms with E-state index in [0.29, 0.717) is 12.8 Å². The predicted octanol–water partition coefficient (Wildman–Crippen LogP) is 2.94. The lowest BCUT2D eigenvalue weighted by Crippen LogP contribution is -2.63. The van der Waals surface area contributed by atoms with E-state index in [-0.39, 0.29) is 34.5 Å². The molecule has 3 aliphatic carbocycles. The standard InChI is InChI=1S/C26H37N3O5/c1-7-24(4)12-20(34-23(33)17-14-29(27-6)28-13-19(17)31)25(5)15(2)8-10-26(16(3)22(24)32)11-9-18(30)21(25)26/h7,13-16,20-22,27,32H,1,8-12H2,2-6H3/t15?,16-,20+,21?,22-,24+,25-,26-/m0/s1. The molecule has 1 heterocycles. The fourth-order valence-corrected chi connectivity index (χ4v) is 7.37. The highest BCUT2D eigenvalue weighted by Gasteiger charge is 2.68. The number of carbonyl (C=O) groups excluding carboxylic acids is 2. The zero-order valence-corrected chi connectivity index (χ0v) is 20.8. The number of aromatic nitrogens is 2. The first-order valence-electron chi connectivity index (χ1n) is 12.3. The highest BCUT2D eigenvalue weighted by molar-refractivity contribution is 5.89. The first-order valence-corrected chi connectivity index (χ1v) is 12.3. The quantitative estimate of drug-likeness (QED) is 0.513. The van der Waals surface area contributed by atoms with E-state index in [2.05, 4.69) is 37.9 Å². The molecule has 3 fully saturated rings. The molecule has 0 amide bonds. The van der Waals surface area contributed by atoms with Crippen molar-refractivity contribution in [3.8, 4) is 0 Å². The highest BCUT2D eigenvalue weighted by Crippen LogP contribution is 2.68. The van der Waals surface area contributed by atoms with Gasteiger partial charge in [-0.15, -0.1) is 6.58 Å². The number of nitrogens with one attached hydrogen (secondary N) is 1. The van der Waals surface area contributed by atoms with E-state index in [1.807, 2.05) is 6.92 Å². The molecular weight excluding hydrogens is 434 g/mol. The number of esters is 1. The van der Waals surface area contributed by atoms with Gasteiger partial charge in [-0.1, -0.05) is 33.8 Å². The molecule has 0 spiro atoms. The smallest absolute Gasteiger partial charge is 0.344 e. The van der Waals surface area contributed by atoms with Crippen LogP contribution >= 0.6 is 0 Å². The Hall–Kier alpha value is -2.48. The van der Waals surface area contributed by atoms with Gasteiger partial charge in [-0.3, -0.25) is 9.59 Å². The number of carbonyl (C=O) groups is 2. The predicted molar refractivity (Wildman–Crippen MR) is 128 cm³/mol. The van der Waals surface area contributed by atoms with E-state index in [4.69, 9.17) is 4.74 Å². The van der Waals surface area contributed by atoms with Crippen LogP contribution in [0.3, 0.4) is 0 Å². The molecule has 2 unspecified atom stereocenters. The monoisotopic (exact) mass is 471 g/mol. The van der Waals surface area contributed by atoms with Gasteiger partial charge in [-0.2, -0.15) is 9.89 Å². The number of hydrogen-bond acceptors (Lipinski definition) is 7. The lowest BCUT2D eigenvalue weighted by Gasteiger charge is -2.61. The van der Waals surface area contributed by atoms with Crippen LogP contribution in [0.4, 0.5) is 0 Å². The third-order valence-electron chi connectivity index (χ3n) is 9.82. The second kappa shape index (κ2) is 8.33. The topological polar surface area (TPSA) is 111 Å². The number of rotatable bonds is 4. The number of nitrogens with zero attached hydrogens (tertiary/aromatic N) is 2. The van der Waals surface area contributed by atoms with Crippen LogP contribution in [0, 0.1) is 34.0 Å². The van der Waals surface area contributed by atoms with E-state index in [1.165, 1.54) is 11.0 Å². The molecular formula is C26H37N3O5. The first kappa shape index (κ1) is 24.6. The van der Waals surface area contributed by atoms with Crippen molar-refractivity contribution in [2.45, 2.75) is 72.0 Å². The number of aliphatic hydroxyl groups excluding tert-OH is 1. The van der Waals surface area contributed by atoms with Crippen LogP contribution in [0.15, 0.2) is 29.8 Å². The summed E-state index contributed by atoms with van der Waals surface area (Å²) in [6.45, 7) is 12.2. The fraction of sp³-hybridized carbons (Fsp3) is 0.692. The molecule has 1 aromatic heterocycles. The van der Waals surface area contributed by atoms with Crippen LogP contribution in [-0.2, 0) is 9.53 Å². The average molecular weight is 472 g/mol. The molecule has 2 bridgehead atoms. The van der Waals surface area contributed by atoms with E-state index < -0.39 is 34.4 Å². The Bertz CT molecular complexity index is 1070. The average Bonchev–Trinajstić information content (AvgIpc) is 3.18. The Morgan fingerprint density at radius 2 is 2.03 bits per heavy atom. The molecule has 3 aliphatic rings. The first-order chi connectivity index (χ1) is 15.9. The summed E-state index contributed by atoms with van der Waals surface area (Å²) < 4.78 is 6.17. The van der Waals surface area contributed by atoms with Gasteiger partial charge in [0, 0.05) is 30.2 Å². The van der Waals surface area contributed by atoms with Crippen molar-refractivity contribution in [2.24, 2.45) is 34.0 Å². The van der Waals surface area contributed by atoms with Crippen molar-refractivity contribution in [3.63, 3.8) is 0 Å². The molecule has 8 atom stereocenters. The van der Waals surface area contributed by atoms with E-state index in [9.17, 15) is 19.5 Å². The number of Topliss-reactive ketones (excluding diaryl/α,β-unsaturated/α-hetero) is 1. The van der Waals surface area contributed by atoms with Gasteiger partial charge >= 0.3 is 5.97 Å². The van der Waals surface area contributed by atoms with Gasteiger partial charge in [0.15, 0.2) is 0 Å². The van der Waals surface area contributed by atoms with E-state index >= 15 is 0 Å². The molecule has 34 heavy (non-hydrogen) atoms. The molecule has 0 aliphatic heterocycles. The second-order valence-corrected chi connectivity index (χ2v) is 11.2. The molecule has 0 aromatic carbocycles. The van der Waals surface area contributed by atoms with Crippen LogP contribution in [0.1, 0.15) is 70.2 Å². The minimum Gasteiger partial charge on any atom is -0.458 e. The summed E-state index contributed by atoms with van der Waals surface area (Å²) in [6.07, 6.45) is 6.02. The van der Waals surface area contributed by atoms with Gasteiger partial charge in [-0.05, 0) is 42.9 Å². The van der Waals surface area contributed by atoms with Crippen LogP contribution < -0.4 is 10.9 Å². The summed E-state index contributed by atoms with van der Waals surface area (Å²) in [4.78, 5) is 40.5. The molecule has 8 heteroatoms. The van der Waals surface area contributed by atoms with Gasteiger partial charge in [-0.25, -0.2) is 4.79 Å². The summed E-state index contributed by atoms with van der Waals surface area (Å²) in [5, 5.41) is 15.5. The van der Waals surface area contributed by atoms with Gasteiger partial charge in [0.2, 0.25) is 5.43 Å². The lowest BCUT2D eigenvalue weighted by atomic mass is 9.44. The molecule has 1 aromatic rings. The summed E-state index contributed by atoms with van der Waals surface area (Å²) in [6, 6.07) is 0. The van der Waals surface area contributed by atoms with Crippen LogP contribution in [0.25, 0.3) is 0 Å². The summed E-state index contributed by atoms with van der Waals surface area (Å²) in [5.41, 5.74) is 0.396. The third-order valence-corrected chi connectivity index (χ3v) is 9.82.